The first-order valence-electron chi connectivity index (χ1n) is 6.03. The summed E-state index contributed by atoms with van der Waals surface area (Å²) in [5.41, 5.74) is 5.90. The lowest BCUT2D eigenvalue weighted by molar-refractivity contribution is 0.0968. The normalized spacial score (nSPS) is 13.1. The van der Waals surface area contributed by atoms with Gasteiger partial charge in [-0.1, -0.05) is 34.1 Å². The van der Waals surface area contributed by atoms with Crippen LogP contribution in [0.2, 0.25) is 0 Å². The fourth-order valence-corrected chi connectivity index (χ4v) is 2.77. The Hall–Kier alpha value is -1.41. The van der Waals surface area contributed by atoms with Crippen LogP contribution >= 0.6 is 15.9 Å². The fourth-order valence-electron chi connectivity index (χ4n) is 2.36. The van der Waals surface area contributed by atoms with Crippen LogP contribution in [-0.4, -0.2) is 5.78 Å². The summed E-state index contributed by atoms with van der Waals surface area (Å²) in [6, 6.07) is 12.6. The van der Waals surface area contributed by atoms with Crippen LogP contribution in [-0.2, 0) is 12.8 Å². The van der Waals surface area contributed by atoms with Gasteiger partial charge in [0.1, 0.15) is 0 Å². The van der Waals surface area contributed by atoms with Crippen LogP contribution in [0, 0.1) is 6.92 Å². The van der Waals surface area contributed by atoms with E-state index in [9.17, 15) is 4.79 Å². The molecule has 2 aromatic rings. The first kappa shape index (κ1) is 11.7. The molecule has 1 aliphatic carbocycles. The van der Waals surface area contributed by atoms with E-state index in [2.05, 4.69) is 53.2 Å². The van der Waals surface area contributed by atoms with E-state index in [4.69, 9.17) is 0 Å². The van der Waals surface area contributed by atoms with Gasteiger partial charge in [0.25, 0.3) is 0 Å². The molecule has 0 atom stereocenters. The van der Waals surface area contributed by atoms with E-state index in [1.54, 1.807) is 0 Å². The molecule has 0 bridgehead atoms. The van der Waals surface area contributed by atoms with Crippen molar-refractivity contribution in [2.45, 2.75) is 19.8 Å². The summed E-state index contributed by atoms with van der Waals surface area (Å²) < 4.78 is 1.10. The number of hydrogen-bond donors (Lipinski definition) is 0. The van der Waals surface area contributed by atoms with Crippen LogP contribution in [0.1, 0.15) is 32.6 Å². The average Bonchev–Trinajstić information content (AvgIpc) is 2.34. The molecule has 2 aromatic carbocycles. The summed E-state index contributed by atoms with van der Waals surface area (Å²) in [5.74, 6) is 0.276. The van der Waals surface area contributed by atoms with Crippen molar-refractivity contribution in [1.82, 2.24) is 0 Å². The number of carbonyl (C=O) groups excluding carboxylic acids is 1. The van der Waals surface area contributed by atoms with Gasteiger partial charge in [-0.2, -0.15) is 0 Å². The van der Waals surface area contributed by atoms with E-state index in [0.717, 1.165) is 16.5 Å². The van der Waals surface area contributed by atoms with Gasteiger partial charge in [0.2, 0.25) is 0 Å². The van der Waals surface area contributed by atoms with Crippen molar-refractivity contribution in [3.8, 4) is 0 Å². The SMILES string of the molecule is Cc1ccc(Br)cc1Cc1ccc2c(c1)C(=O)C2. The van der Waals surface area contributed by atoms with Gasteiger partial charge in [0.05, 0.1) is 0 Å². The lowest BCUT2D eigenvalue weighted by Gasteiger charge is -2.18. The van der Waals surface area contributed by atoms with Crippen LogP contribution in [0.3, 0.4) is 0 Å². The van der Waals surface area contributed by atoms with Crippen molar-refractivity contribution in [1.29, 1.82) is 0 Å². The summed E-state index contributed by atoms with van der Waals surface area (Å²) in [5, 5.41) is 0. The number of rotatable bonds is 2. The number of benzene rings is 2. The molecule has 0 radical (unpaired) electrons. The van der Waals surface area contributed by atoms with E-state index in [0.29, 0.717) is 6.42 Å². The Morgan fingerprint density at radius 1 is 1.17 bits per heavy atom. The van der Waals surface area contributed by atoms with Gasteiger partial charge in [-0.25, -0.2) is 0 Å². The lowest BCUT2D eigenvalue weighted by Crippen LogP contribution is -2.18. The number of halogens is 1. The van der Waals surface area contributed by atoms with Crippen LogP contribution in [0.15, 0.2) is 40.9 Å². The van der Waals surface area contributed by atoms with Crippen molar-refractivity contribution in [3.05, 3.63) is 68.7 Å². The molecule has 0 saturated heterocycles. The van der Waals surface area contributed by atoms with Gasteiger partial charge in [0, 0.05) is 16.5 Å². The summed E-state index contributed by atoms with van der Waals surface area (Å²) >= 11 is 3.50. The molecule has 0 aromatic heterocycles. The fraction of sp³-hybridized carbons (Fsp3) is 0.188. The van der Waals surface area contributed by atoms with Gasteiger partial charge in [-0.15, -0.1) is 0 Å². The maximum Gasteiger partial charge on any atom is 0.167 e. The molecule has 1 aliphatic rings. The van der Waals surface area contributed by atoms with Crippen molar-refractivity contribution >= 4 is 21.7 Å². The van der Waals surface area contributed by atoms with Crippen molar-refractivity contribution in [2.75, 3.05) is 0 Å². The monoisotopic (exact) mass is 300 g/mol. The summed E-state index contributed by atoms with van der Waals surface area (Å²) in [7, 11) is 0. The molecule has 0 heterocycles. The topological polar surface area (TPSA) is 17.1 Å². The molecule has 0 N–H and O–H groups in total. The number of aryl methyl sites for hydroxylation is 1. The highest BCUT2D eigenvalue weighted by molar-refractivity contribution is 9.10. The third-order valence-electron chi connectivity index (χ3n) is 3.53. The molecule has 18 heavy (non-hydrogen) atoms. The second-order valence-electron chi connectivity index (χ2n) is 4.84. The third-order valence-corrected chi connectivity index (χ3v) is 4.02. The Bertz CT molecular complexity index is 644. The van der Waals surface area contributed by atoms with Crippen LogP contribution < -0.4 is 0 Å². The molecule has 0 saturated carbocycles. The number of fused-ring (bicyclic) bond motifs is 1. The Morgan fingerprint density at radius 3 is 2.78 bits per heavy atom. The van der Waals surface area contributed by atoms with Gasteiger partial charge in [-0.3, -0.25) is 4.79 Å². The lowest BCUT2D eigenvalue weighted by atomic mass is 9.85. The van der Waals surface area contributed by atoms with Gasteiger partial charge in [0.15, 0.2) is 5.78 Å². The Labute approximate surface area is 115 Å². The molecule has 2 heteroatoms. The minimum atomic E-state index is 0.276. The maximum atomic E-state index is 11.4. The van der Waals surface area contributed by atoms with Crippen molar-refractivity contribution in [3.63, 3.8) is 0 Å². The highest BCUT2D eigenvalue weighted by atomic mass is 79.9. The minimum absolute atomic E-state index is 0.276. The van der Waals surface area contributed by atoms with Crippen molar-refractivity contribution in [2.24, 2.45) is 0 Å². The second kappa shape index (κ2) is 4.36. The van der Waals surface area contributed by atoms with Gasteiger partial charge >= 0.3 is 0 Å². The Balaban J connectivity index is 1.93. The van der Waals surface area contributed by atoms with Crippen LogP contribution in [0.4, 0.5) is 0 Å². The van der Waals surface area contributed by atoms with E-state index >= 15 is 0 Å². The molecular weight excluding hydrogens is 288 g/mol. The smallest absolute Gasteiger partial charge is 0.167 e. The minimum Gasteiger partial charge on any atom is -0.294 e. The molecule has 1 nitrogen and oxygen atoms in total. The highest BCUT2D eigenvalue weighted by Crippen LogP contribution is 2.26. The summed E-state index contributed by atoms with van der Waals surface area (Å²) in [6.07, 6.45) is 1.50. The number of hydrogen-bond acceptors (Lipinski definition) is 1. The molecule has 0 unspecified atom stereocenters. The molecule has 90 valence electrons. The molecule has 0 amide bonds. The molecule has 0 spiro atoms. The predicted molar refractivity (Wildman–Crippen MR) is 76.2 cm³/mol. The third kappa shape index (κ3) is 2.01. The van der Waals surface area contributed by atoms with E-state index < -0.39 is 0 Å². The zero-order valence-corrected chi connectivity index (χ0v) is 11.8. The van der Waals surface area contributed by atoms with Gasteiger partial charge < -0.3 is 0 Å². The summed E-state index contributed by atoms with van der Waals surface area (Å²) in [6.45, 7) is 2.12. The number of Topliss-reactive ketones (excluding diaryl/α,β-unsaturated/α-hetero) is 1. The molecule has 0 aliphatic heterocycles. The molecule has 0 fully saturated rings. The first-order valence-corrected chi connectivity index (χ1v) is 6.83. The highest BCUT2D eigenvalue weighted by Gasteiger charge is 2.22. The first-order chi connectivity index (χ1) is 8.63. The number of carbonyl (C=O) groups is 1. The van der Waals surface area contributed by atoms with Gasteiger partial charge in [-0.05, 0) is 53.8 Å². The largest absolute Gasteiger partial charge is 0.294 e. The standard InChI is InChI=1S/C16H13BrO/c1-10-2-5-14(17)8-13(10)6-11-3-4-12-9-16(18)15(12)7-11/h2-5,7-8H,6,9H2,1H3. The Kier molecular flexibility index (Phi) is 2.83. The molecule has 3 rings (SSSR count). The van der Waals surface area contributed by atoms with E-state index in [-0.39, 0.29) is 5.78 Å². The Morgan fingerprint density at radius 2 is 2.00 bits per heavy atom. The quantitative estimate of drug-likeness (QED) is 0.816. The van der Waals surface area contributed by atoms with E-state index in [1.165, 1.54) is 22.3 Å². The zero-order valence-electron chi connectivity index (χ0n) is 10.2. The zero-order chi connectivity index (χ0) is 12.7. The average molecular weight is 301 g/mol. The molecular formula is C16H13BrO. The van der Waals surface area contributed by atoms with Crippen LogP contribution in [0.25, 0.3) is 0 Å². The summed E-state index contributed by atoms with van der Waals surface area (Å²) in [4.78, 5) is 11.4. The van der Waals surface area contributed by atoms with E-state index in [1.807, 2.05) is 6.07 Å². The maximum absolute atomic E-state index is 11.4. The van der Waals surface area contributed by atoms with Crippen molar-refractivity contribution < 1.29 is 4.79 Å². The predicted octanol–water partition coefficient (Wildman–Crippen LogP) is 4.09. The number of ketones is 1. The van der Waals surface area contributed by atoms with Crippen LogP contribution in [0.5, 0.6) is 0 Å². The second-order valence-corrected chi connectivity index (χ2v) is 5.75.